The Bertz CT molecular complexity index is 1160. The van der Waals surface area contributed by atoms with Gasteiger partial charge in [0, 0.05) is 26.1 Å². The van der Waals surface area contributed by atoms with Crippen molar-refractivity contribution >= 4 is 27.5 Å². The highest BCUT2D eigenvalue weighted by atomic mass is 32.2. The first-order valence-corrected chi connectivity index (χ1v) is 14.4. The lowest BCUT2D eigenvalue weighted by atomic mass is 10.1. The Hall–Kier alpha value is -3.07. The third-order valence-corrected chi connectivity index (χ3v) is 7.49. The van der Waals surface area contributed by atoms with Gasteiger partial charge in [0.15, 0.2) is 0 Å². The minimum atomic E-state index is -3.53. The molecule has 0 radical (unpaired) electrons. The fraction of sp³-hybridized carbons (Fsp3) is 0.500. The number of hydrogen-bond donors (Lipinski definition) is 1. The van der Waals surface area contributed by atoms with Crippen LogP contribution in [0.5, 0.6) is 5.75 Å². The fourth-order valence-electron chi connectivity index (χ4n) is 3.85. The quantitative estimate of drug-likeness (QED) is 0.421. The van der Waals surface area contributed by atoms with E-state index in [2.05, 4.69) is 5.32 Å². The third kappa shape index (κ3) is 9.07. The van der Waals surface area contributed by atoms with Gasteiger partial charge in [0.2, 0.25) is 21.8 Å². The van der Waals surface area contributed by atoms with Crippen molar-refractivity contribution in [1.82, 2.24) is 10.2 Å². The predicted molar refractivity (Wildman–Crippen MR) is 148 cm³/mol. The molecule has 0 bridgehead atoms. The molecule has 9 heteroatoms. The lowest BCUT2D eigenvalue weighted by Gasteiger charge is -2.30. The molecule has 1 N–H and O–H groups in total. The summed E-state index contributed by atoms with van der Waals surface area (Å²) >= 11 is 0. The summed E-state index contributed by atoms with van der Waals surface area (Å²) < 4.78 is 31.6. The standard InChI is InChI=1S/C28H41N3O5S/c1-20(2)18-29-28(33)23(5)30(19-24-11-14-26(36-6)15-12-24)27(32)9-8-16-31(37(7,34)35)25-13-10-21(3)22(4)17-25/h10-15,17,20,23H,8-9,16,18-19H2,1-7H3,(H,29,33). The molecule has 0 spiro atoms. The molecule has 0 saturated carbocycles. The van der Waals surface area contributed by atoms with Crippen LogP contribution in [0.25, 0.3) is 0 Å². The zero-order valence-electron chi connectivity index (χ0n) is 23.1. The maximum atomic E-state index is 13.4. The van der Waals surface area contributed by atoms with Crippen molar-refractivity contribution in [2.45, 2.75) is 60.0 Å². The molecule has 0 aliphatic carbocycles. The summed E-state index contributed by atoms with van der Waals surface area (Å²) in [7, 11) is -1.95. The Balaban J connectivity index is 2.18. The smallest absolute Gasteiger partial charge is 0.242 e. The molecule has 2 aromatic rings. The highest BCUT2D eigenvalue weighted by molar-refractivity contribution is 7.92. The molecule has 0 heterocycles. The Labute approximate surface area is 222 Å². The summed E-state index contributed by atoms with van der Waals surface area (Å²) in [5, 5.41) is 2.91. The average molecular weight is 532 g/mol. The largest absolute Gasteiger partial charge is 0.497 e. The number of carbonyl (C=O) groups excluding carboxylic acids is 2. The summed E-state index contributed by atoms with van der Waals surface area (Å²) in [4.78, 5) is 27.8. The molecule has 0 aliphatic rings. The molecule has 204 valence electrons. The number of rotatable bonds is 13. The summed E-state index contributed by atoms with van der Waals surface area (Å²) in [5.41, 5.74) is 3.51. The zero-order valence-corrected chi connectivity index (χ0v) is 23.9. The summed E-state index contributed by atoms with van der Waals surface area (Å²) in [5.74, 6) is 0.561. The van der Waals surface area contributed by atoms with E-state index in [1.54, 1.807) is 25.0 Å². The van der Waals surface area contributed by atoms with Crippen LogP contribution in [-0.2, 0) is 26.2 Å². The number of benzene rings is 2. The molecule has 1 atom stereocenters. The lowest BCUT2D eigenvalue weighted by Crippen LogP contribution is -2.48. The van der Waals surface area contributed by atoms with E-state index in [0.717, 1.165) is 16.7 Å². The maximum absolute atomic E-state index is 13.4. The Morgan fingerprint density at radius 2 is 1.65 bits per heavy atom. The van der Waals surface area contributed by atoms with E-state index in [1.165, 1.54) is 10.6 Å². The van der Waals surface area contributed by atoms with Gasteiger partial charge in [-0.2, -0.15) is 0 Å². The molecule has 1 unspecified atom stereocenters. The van der Waals surface area contributed by atoms with Crippen LogP contribution in [0.2, 0.25) is 0 Å². The van der Waals surface area contributed by atoms with Gasteiger partial charge in [-0.25, -0.2) is 8.42 Å². The maximum Gasteiger partial charge on any atom is 0.242 e. The van der Waals surface area contributed by atoms with Gasteiger partial charge in [-0.05, 0) is 74.1 Å². The van der Waals surface area contributed by atoms with Gasteiger partial charge in [-0.1, -0.05) is 32.0 Å². The van der Waals surface area contributed by atoms with E-state index in [-0.39, 0.29) is 37.2 Å². The van der Waals surface area contributed by atoms with E-state index in [4.69, 9.17) is 4.74 Å². The Kier molecular flexibility index (Phi) is 11.0. The summed E-state index contributed by atoms with van der Waals surface area (Å²) in [6, 6.07) is 12.2. The fourth-order valence-corrected chi connectivity index (χ4v) is 4.80. The van der Waals surface area contributed by atoms with E-state index < -0.39 is 16.1 Å². The van der Waals surface area contributed by atoms with E-state index in [0.29, 0.717) is 24.4 Å². The topological polar surface area (TPSA) is 96.0 Å². The average Bonchev–Trinajstić information content (AvgIpc) is 2.84. The van der Waals surface area contributed by atoms with Gasteiger partial charge in [0.25, 0.3) is 0 Å². The molecule has 0 saturated heterocycles. The molecule has 0 fully saturated rings. The van der Waals surface area contributed by atoms with E-state index >= 15 is 0 Å². The number of aryl methyl sites for hydroxylation is 2. The van der Waals surface area contributed by atoms with Crippen molar-refractivity contribution in [1.29, 1.82) is 0 Å². The summed E-state index contributed by atoms with van der Waals surface area (Å²) in [6.07, 6.45) is 1.59. The monoisotopic (exact) mass is 531 g/mol. The molecule has 2 rings (SSSR count). The van der Waals surface area contributed by atoms with Crippen molar-refractivity contribution in [3.8, 4) is 5.75 Å². The number of nitrogens with zero attached hydrogens (tertiary/aromatic N) is 2. The SMILES string of the molecule is COc1ccc(CN(C(=O)CCCN(c2ccc(C)c(C)c2)S(C)(=O)=O)C(C)C(=O)NCC(C)C)cc1. The number of amides is 2. The number of hydrogen-bond acceptors (Lipinski definition) is 5. The number of anilines is 1. The number of ether oxygens (including phenoxy) is 1. The summed E-state index contributed by atoms with van der Waals surface area (Å²) in [6.45, 7) is 10.6. The highest BCUT2D eigenvalue weighted by Crippen LogP contribution is 2.22. The van der Waals surface area contributed by atoms with Crippen molar-refractivity contribution in [2.24, 2.45) is 5.92 Å². The molecular weight excluding hydrogens is 490 g/mol. The minimum Gasteiger partial charge on any atom is -0.497 e. The molecule has 8 nitrogen and oxygen atoms in total. The normalized spacial score (nSPS) is 12.2. The van der Waals surface area contributed by atoms with Crippen LogP contribution in [0.1, 0.15) is 50.3 Å². The first-order chi connectivity index (χ1) is 17.3. The number of carbonyl (C=O) groups is 2. The van der Waals surface area contributed by atoms with Crippen LogP contribution in [-0.4, -0.2) is 57.6 Å². The zero-order chi connectivity index (χ0) is 27.8. The minimum absolute atomic E-state index is 0.106. The third-order valence-electron chi connectivity index (χ3n) is 6.29. The van der Waals surface area contributed by atoms with Crippen LogP contribution in [0, 0.1) is 19.8 Å². The molecular formula is C28H41N3O5S. The van der Waals surface area contributed by atoms with Gasteiger partial charge >= 0.3 is 0 Å². The lowest BCUT2D eigenvalue weighted by molar-refractivity contribution is -0.140. The van der Waals surface area contributed by atoms with Crippen LogP contribution < -0.4 is 14.4 Å². The molecule has 0 aliphatic heterocycles. The van der Waals surface area contributed by atoms with Crippen LogP contribution in [0.3, 0.4) is 0 Å². The van der Waals surface area contributed by atoms with Gasteiger partial charge in [0.05, 0.1) is 19.1 Å². The van der Waals surface area contributed by atoms with Gasteiger partial charge in [-0.15, -0.1) is 0 Å². The Morgan fingerprint density at radius 1 is 1.00 bits per heavy atom. The van der Waals surface area contributed by atoms with Crippen LogP contribution in [0.15, 0.2) is 42.5 Å². The number of nitrogens with one attached hydrogen (secondary N) is 1. The predicted octanol–water partition coefficient (Wildman–Crippen LogP) is 4.05. The second kappa shape index (κ2) is 13.5. The van der Waals surface area contributed by atoms with Crippen molar-refractivity contribution in [3.05, 3.63) is 59.2 Å². The second-order valence-electron chi connectivity index (χ2n) is 9.89. The first kappa shape index (κ1) is 30.2. The van der Waals surface area contributed by atoms with Crippen molar-refractivity contribution in [3.63, 3.8) is 0 Å². The van der Waals surface area contributed by atoms with Gasteiger partial charge in [-0.3, -0.25) is 13.9 Å². The highest BCUT2D eigenvalue weighted by Gasteiger charge is 2.26. The number of methoxy groups -OCH3 is 1. The van der Waals surface area contributed by atoms with E-state index in [9.17, 15) is 18.0 Å². The number of sulfonamides is 1. The van der Waals surface area contributed by atoms with Crippen molar-refractivity contribution < 1.29 is 22.7 Å². The molecule has 37 heavy (non-hydrogen) atoms. The van der Waals surface area contributed by atoms with Gasteiger partial charge < -0.3 is 15.0 Å². The molecule has 0 aromatic heterocycles. The van der Waals surface area contributed by atoms with Crippen molar-refractivity contribution in [2.75, 3.05) is 30.8 Å². The Morgan fingerprint density at radius 3 is 2.19 bits per heavy atom. The molecule has 2 amide bonds. The first-order valence-electron chi connectivity index (χ1n) is 12.6. The second-order valence-corrected chi connectivity index (χ2v) is 11.8. The van der Waals surface area contributed by atoms with Gasteiger partial charge in [0.1, 0.15) is 11.8 Å². The van der Waals surface area contributed by atoms with Crippen LogP contribution >= 0.6 is 0 Å². The van der Waals surface area contributed by atoms with Crippen LogP contribution in [0.4, 0.5) is 5.69 Å². The van der Waals surface area contributed by atoms with E-state index in [1.807, 2.05) is 64.1 Å². The molecule has 2 aromatic carbocycles.